The predicted molar refractivity (Wildman–Crippen MR) is 112 cm³/mol. The molecule has 1 N–H and O–H groups in total. The molecule has 0 radical (unpaired) electrons. The van der Waals surface area contributed by atoms with Gasteiger partial charge in [0.2, 0.25) is 5.91 Å². The first-order valence-electron chi connectivity index (χ1n) is 9.57. The van der Waals surface area contributed by atoms with Crippen molar-refractivity contribution in [2.45, 2.75) is 32.2 Å². The average molecular weight is 411 g/mol. The van der Waals surface area contributed by atoms with Crippen LogP contribution in [0.4, 0.5) is 10.1 Å². The fourth-order valence-electron chi connectivity index (χ4n) is 3.42. The molecule has 1 aliphatic heterocycles. The van der Waals surface area contributed by atoms with Crippen molar-refractivity contribution in [3.63, 3.8) is 0 Å². The number of aryl methyl sites for hydroxylation is 1. The number of nitrogens with zero attached hydrogens (tertiary/aromatic N) is 3. The second-order valence-corrected chi connectivity index (χ2v) is 7.35. The van der Waals surface area contributed by atoms with E-state index in [9.17, 15) is 9.18 Å². The van der Waals surface area contributed by atoms with Crippen LogP contribution in [0.25, 0.3) is 17.5 Å². The first-order chi connectivity index (χ1) is 14.1. The Morgan fingerprint density at radius 3 is 2.86 bits per heavy atom. The summed E-state index contributed by atoms with van der Waals surface area (Å²) < 4.78 is 16.5. The van der Waals surface area contributed by atoms with E-state index in [2.05, 4.69) is 15.5 Å². The Morgan fingerprint density at radius 1 is 1.14 bits per heavy atom. The van der Waals surface area contributed by atoms with E-state index in [4.69, 9.17) is 11.6 Å². The maximum Gasteiger partial charge on any atom is 0.248 e. The normalized spacial score (nSPS) is 13.9. The van der Waals surface area contributed by atoms with Crippen LogP contribution in [0.15, 0.2) is 48.5 Å². The molecule has 3 aromatic rings. The highest BCUT2D eigenvalue weighted by Crippen LogP contribution is 2.27. The number of rotatable bonds is 4. The van der Waals surface area contributed by atoms with E-state index in [-0.39, 0.29) is 5.91 Å². The number of hydrogen-bond acceptors (Lipinski definition) is 3. The topological polar surface area (TPSA) is 59.8 Å². The zero-order valence-electron chi connectivity index (χ0n) is 15.7. The van der Waals surface area contributed by atoms with E-state index in [1.165, 1.54) is 18.2 Å². The van der Waals surface area contributed by atoms with E-state index < -0.39 is 5.82 Å². The van der Waals surface area contributed by atoms with Crippen LogP contribution in [0.2, 0.25) is 5.02 Å². The van der Waals surface area contributed by atoms with E-state index in [1.807, 2.05) is 22.8 Å². The fraction of sp³-hybridized carbons (Fsp3) is 0.227. The molecular weight excluding hydrogens is 391 g/mol. The molecule has 0 aliphatic carbocycles. The molecular formula is C22H20ClFN4O. The van der Waals surface area contributed by atoms with E-state index in [0.717, 1.165) is 43.6 Å². The number of hydrogen-bond donors (Lipinski definition) is 1. The third-order valence-electron chi connectivity index (χ3n) is 4.90. The van der Waals surface area contributed by atoms with Crippen LogP contribution < -0.4 is 5.32 Å². The molecule has 0 spiro atoms. The second kappa shape index (κ2) is 8.57. The van der Waals surface area contributed by atoms with E-state index >= 15 is 0 Å². The van der Waals surface area contributed by atoms with Crippen molar-refractivity contribution < 1.29 is 9.18 Å². The largest absolute Gasteiger partial charge is 0.322 e. The van der Waals surface area contributed by atoms with Crippen LogP contribution in [0.5, 0.6) is 0 Å². The van der Waals surface area contributed by atoms with Gasteiger partial charge in [0.05, 0.1) is 5.56 Å². The molecule has 0 bridgehead atoms. The molecule has 0 fully saturated rings. The Hall–Kier alpha value is -2.99. The summed E-state index contributed by atoms with van der Waals surface area (Å²) in [4.78, 5) is 12.3. The highest BCUT2D eigenvalue weighted by atomic mass is 35.5. The minimum Gasteiger partial charge on any atom is -0.322 e. The molecule has 4 rings (SSSR count). The van der Waals surface area contributed by atoms with Crippen molar-refractivity contribution >= 4 is 29.3 Å². The molecule has 148 valence electrons. The molecule has 7 heteroatoms. The lowest BCUT2D eigenvalue weighted by molar-refractivity contribution is -0.111. The summed E-state index contributed by atoms with van der Waals surface area (Å²) in [5, 5.41) is 11.8. The molecule has 0 unspecified atom stereocenters. The summed E-state index contributed by atoms with van der Waals surface area (Å²) in [6, 6.07) is 11.7. The number of anilines is 1. The van der Waals surface area contributed by atoms with Crippen LogP contribution in [-0.4, -0.2) is 20.7 Å². The predicted octanol–water partition coefficient (Wildman–Crippen LogP) is 5.12. The van der Waals surface area contributed by atoms with Crippen molar-refractivity contribution in [2.24, 2.45) is 0 Å². The van der Waals surface area contributed by atoms with Gasteiger partial charge in [0, 0.05) is 29.8 Å². The Morgan fingerprint density at radius 2 is 2.00 bits per heavy atom. The number of aromatic nitrogens is 3. The van der Waals surface area contributed by atoms with Crippen LogP contribution >= 0.6 is 11.6 Å². The highest BCUT2D eigenvalue weighted by molar-refractivity contribution is 6.32. The smallest absolute Gasteiger partial charge is 0.248 e. The molecule has 0 atom stereocenters. The summed E-state index contributed by atoms with van der Waals surface area (Å²) in [6.45, 7) is 0.772. The van der Waals surface area contributed by atoms with Gasteiger partial charge in [0.1, 0.15) is 11.6 Å². The number of nitrogens with one attached hydrogen (secondary N) is 1. The quantitative estimate of drug-likeness (QED) is 0.607. The molecule has 5 nitrogen and oxygen atoms in total. The Balaban J connectivity index is 1.55. The Bertz CT molecular complexity index is 1080. The Labute approximate surface area is 173 Å². The number of amides is 1. The molecule has 2 aromatic carbocycles. The zero-order valence-corrected chi connectivity index (χ0v) is 16.5. The van der Waals surface area contributed by atoms with Crippen molar-refractivity contribution in [2.75, 3.05) is 5.32 Å². The molecule has 1 amide bonds. The van der Waals surface area contributed by atoms with Crippen molar-refractivity contribution in [3.05, 3.63) is 70.8 Å². The van der Waals surface area contributed by atoms with Gasteiger partial charge in [-0.25, -0.2) is 4.39 Å². The minimum absolute atomic E-state index is 0.331. The van der Waals surface area contributed by atoms with Gasteiger partial charge >= 0.3 is 0 Å². The summed E-state index contributed by atoms with van der Waals surface area (Å²) in [7, 11) is 0. The Kier molecular flexibility index (Phi) is 5.71. The van der Waals surface area contributed by atoms with Crippen molar-refractivity contribution in [1.82, 2.24) is 14.8 Å². The fourth-order valence-corrected chi connectivity index (χ4v) is 3.62. The molecule has 1 aromatic heterocycles. The van der Waals surface area contributed by atoms with Crippen molar-refractivity contribution in [1.29, 1.82) is 0 Å². The number of benzene rings is 2. The first kappa shape index (κ1) is 19.3. The zero-order chi connectivity index (χ0) is 20.2. The van der Waals surface area contributed by atoms with Gasteiger partial charge in [0.15, 0.2) is 5.82 Å². The maximum atomic E-state index is 14.5. The molecule has 29 heavy (non-hydrogen) atoms. The van der Waals surface area contributed by atoms with Crippen molar-refractivity contribution in [3.8, 4) is 11.4 Å². The number of carbonyl (C=O) groups excluding carboxylic acids is 1. The van der Waals surface area contributed by atoms with Crippen LogP contribution in [0.3, 0.4) is 0 Å². The maximum absolute atomic E-state index is 14.5. The molecule has 1 aliphatic rings. The third-order valence-corrected chi connectivity index (χ3v) is 5.25. The van der Waals surface area contributed by atoms with Gasteiger partial charge in [-0.3, -0.25) is 4.79 Å². The lowest BCUT2D eigenvalue weighted by atomic mass is 10.1. The third kappa shape index (κ3) is 4.38. The van der Waals surface area contributed by atoms with Gasteiger partial charge in [-0.1, -0.05) is 36.2 Å². The van der Waals surface area contributed by atoms with Crippen LogP contribution in [-0.2, 0) is 17.8 Å². The van der Waals surface area contributed by atoms with Crippen LogP contribution in [0.1, 0.15) is 30.7 Å². The highest BCUT2D eigenvalue weighted by Gasteiger charge is 2.19. The summed E-state index contributed by atoms with van der Waals surface area (Å²) in [5.74, 6) is 0.660. The van der Waals surface area contributed by atoms with E-state index in [1.54, 1.807) is 18.2 Å². The van der Waals surface area contributed by atoms with Gasteiger partial charge in [-0.2, -0.15) is 0 Å². The minimum atomic E-state index is -0.394. The van der Waals surface area contributed by atoms with E-state index in [0.29, 0.717) is 22.1 Å². The van der Waals surface area contributed by atoms with Gasteiger partial charge in [-0.05, 0) is 48.7 Å². The lowest BCUT2D eigenvalue weighted by Crippen LogP contribution is -2.09. The monoisotopic (exact) mass is 410 g/mol. The summed E-state index contributed by atoms with van der Waals surface area (Å²) in [5.41, 5.74) is 1.56. The van der Waals surface area contributed by atoms with Gasteiger partial charge in [0.25, 0.3) is 0 Å². The number of halogens is 2. The summed E-state index contributed by atoms with van der Waals surface area (Å²) in [6.07, 6.45) is 7.09. The molecule has 2 heterocycles. The molecule has 0 saturated carbocycles. The van der Waals surface area contributed by atoms with Crippen LogP contribution in [0, 0.1) is 5.82 Å². The first-order valence-corrected chi connectivity index (χ1v) is 9.95. The lowest BCUT2D eigenvalue weighted by Gasteiger charge is -2.10. The number of fused-ring (bicyclic) bond motifs is 1. The average Bonchev–Trinajstić information content (AvgIpc) is 2.96. The second-order valence-electron chi connectivity index (χ2n) is 6.94. The molecule has 0 saturated heterocycles. The standard InChI is InChI=1S/C22H20ClFN4O/c23-18-7-4-3-6-15(18)9-12-21(29)25-16-10-11-19(24)17(14-16)22-27-26-20-8-2-1-5-13-28(20)22/h3-4,6-7,9-12,14H,1-2,5,8,13H2,(H,25,29)/b12-9+. The van der Waals surface area contributed by atoms with Gasteiger partial charge < -0.3 is 9.88 Å². The SMILES string of the molecule is O=C(/C=C/c1ccccc1Cl)Nc1ccc(F)c(-c2nnc3n2CCCCC3)c1. The number of carbonyl (C=O) groups is 1. The summed E-state index contributed by atoms with van der Waals surface area (Å²) >= 11 is 6.09. The van der Waals surface area contributed by atoms with Gasteiger partial charge in [-0.15, -0.1) is 10.2 Å².